The molecule has 0 radical (unpaired) electrons. The predicted octanol–water partition coefficient (Wildman–Crippen LogP) is 3.83. The third-order valence-corrected chi connectivity index (χ3v) is 5.65. The molecule has 2 nitrogen and oxygen atoms in total. The molecule has 2 fully saturated rings. The van der Waals surface area contributed by atoms with Gasteiger partial charge in [-0.05, 0) is 37.7 Å². The van der Waals surface area contributed by atoms with E-state index in [1.165, 1.54) is 49.9 Å². The summed E-state index contributed by atoms with van der Waals surface area (Å²) in [5, 5.41) is 1.94. The monoisotopic (exact) mass is 281 g/mol. The quantitative estimate of drug-likeness (QED) is 0.817. The van der Waals surface area contributed by atoms with Crippen LogP contribution >= 0.6 is 24.0 Å². The Labute approximate surface area is 118 Å². The summed E-state index contributed by atoms with van der Waals surface area (Å²) < 4.78 is 0. The zero-order chi connectivity index (χ0) is 12.5. The summed E-state index contributed by atoms with van der Waals surface area (Å²) in [6.45, 7) is 0.944. The Morgan fingerprint density at radius 2 is 2.06 bits per heavy atom. The molecule has 1 aromatic rings. The van der Waals surface area contributed by atoms with Crippen LogP contribution in [0.2, 0.25) is 0 Å². The molecule has 0 aromatic carbocycles. The van der Waals surface area contributed by atoms with Gasteiger partial charge in [-0.2, -0.15) is 0 Å². The number of thiophene rings is 1. The number of carbonyl (C=O) groups is 1. The summed E-state index contributed by atoms with van der Waals surface area (Å²) in [6, 6.07) is 2.41. The molecule has 1 saturated heterocycles. The molecular weight excluding hydrogens is 262 g/mol. The van der Waals surface area contributed by atoms with Crippen molar-refractivity contribution in [1.29, 1.82) is 0 Å². The van der Waals surface area contributed by atoms with Crippen LogP contribution in [-0.2, 0) is 0 Å². The molecule has 4 heteroatoms. The van der Waals surface area contributed by atoms with E-state index < -0.39 is 0 Å². The Morgan fingerprint density at radius 3 is 2.72 bits per heavy atom. The van der Waals surface area contributed by atoms with Crippen molar-refractivity contribution >= 4 is 29.9 Å². The van der Waals surface area contributed by atoms with Crippen LogP contribution in [0.4, 0.5) is 0 Å². The van der Waals surface area contributed by atoms with Gasteiger partial charge in [0.2, 0.25) is 0 Å². The molecule has 18 heavy (non-hydrogen) atoms. The summed E-state index contributed by atoms with van der Waals surface area (Å²) in [7, 11) is 0. The highest BCUT2D eigenvalue weighted by Crippen LogP contribution is 2.36. The molecule has 1 aromatic heterocycles. The fourth-order valence-corrected chi connectivity index (χ4v) is 4.56. The number of amides is 1. The summed E-state index contributed by atoms with van der Waals surface area (Å²) >= 11 is 5.81. The van der Waals surface area contributed by atoms with E-state index in [0.29, 0.717) is 6.04 Å². The smallest absolute Gasteiger partial charge is 0.264 e. The molecule has 0 N–H and O–H groups in total. The minimum absolute atomic E-state index is 0.231. The molecule has 3 rings (SSSR count). The molecule has 2 aliphatic rings. The lowest BCUT2D eigenvalue weighted by Gasteiger charge is -2.29. The molecular formula is C14H19NOS2. The van der Waals surface area contributed by atoms with Crippen molar-refractivity contribution in [2.45, 2.75) is 49.5 Å². The van der Waals surface area contributed by atoms with E-state index >= 15 is 0 Å². The number of rotatable bonds is 2. The van der Waals surface area contributed by atoms with Gasteiger partial charge in [0.05, 0.1) is 4.88 Å². The molecule has 0 spiro atoms. The summed E-state index contributed by atoms with van der Waals surface area (Å²) in [4.78, 5) is 16.4. The number of carbonyl (C=O) groups excluding carboxylic acids is 1. The summed E-state index contributed by atoms with van der Waals surface area (Å²) in [5.74, 6) is 0.988. The van der Waals surface area contributed by atoms with Gasteiger partial charge < -0.3 is 4.90 Å². The fourth-order valence-electron chi connectivity index (χ4n) is 3.46. The van der Waals surface area contributed by atoms with Crippen LogP contribution in [0.3, 0.4) is 0 Å². The van der Waals surface area contributed by atoms with E-state index in [0.717, 1.165) is 22.2 Å². The summed E-state index contributed by atoms with van der Waals surface area (Å²) in [5.41, 5.74) is 0. The Hall–Kier alpha value is -0.480. The van der Waals surface area contributed by atoms with Gasteiger partial charge in [-0.15, -0.1) is 24.0 Å². The molecule has 1 aliphatic carbocycles. The number of thiol groups is 1. The first kappa shape index (κ1) is 12.5. The Morgan fingerprint density at radius 1 is 1.28 bits per heavy atom. The van der Waals surface area contributed by atoms with Crippen LogP contribution in [0.5, 0.6) is 0 Å². The van der Waals surface area contributed by atoms with Gasteiger partial charge in [-0.25, -0.2) is 0 Å². The van der Waals surface area contributed by atoms with Crippen molar-refractivity contribution in [3.8, 4) is 0 Å². The molecule has 0 bridgehead atoms. The maximum absolute atomic E-state index is 12.5. The molecule has 98 valence electrons. The highest BCUT2D eigenvalue weighted by atomic mass is 32.1. The zero-order valence-electron chi connectivity index (χ0n) is 10.5. The van der Waals surface area contributed by atoms with Gasteiger partial charge in [0, 0.05) is 22.9 Å². The lowest BCUT2D eigenvalue weighted by Crippen LogP contribution is -2.39. The zero-order valence-corrected chi connectivity index (χ0v) is 12.2. The second-order valence-corrected chi connectivity index (χ2v) is 6.85. The average Bonchev–Trinajstić information content (AvgIpc) is 3.08. The topological polar surface area (TPSA) is 20.3 Å². The third kappa shape index (κ3) is 2.32. The van der Waals surface area contributed by atoms with Gasteiger partial charge in [0.15, 0.2) is 0 Å². The molecule has 1 amide bonds. The highest BCUT2D eigenvalue weighted by Gasteiger charge is 2.36. The van der Waals surface area contributed by atoms with Crippen LogP contribution in [0, 0.1) is 5.92 Å². The Balaban J connectivity index is 1.75. The maximum atomic E-state index is 12.5. The normalized spacial score (nSPS) is 24.9. The van der Waals surface area contributed by atoms with Crippen molar-refractivity contribution in [3.63, 3.8) is 0 Å². The average molecular weight is 281 g/mol. The molecule has 1 unspecified atom stereocenters. The van der Waals surface area contributed by atoms with Crippen LogP contribution in [0.1, 0.15) is 48.2 Å². The van der Waals surface area contributed by atoms with E-state index in [1.807, 2.05) is 11.4 Å². The number of nitrogens with zero attached hydrogens (tertiary/aromatic N) is 1. The highest BCUT2D eigenvalue weighted by molar-refractivity contribution is 7.80. The van der Waals surface area contributed by atoms with Crippen LogP contribution < -0.4 is 0 Å². The van der Waals surface area contributed by atoms with Crippen LogP contribution in [0.15, 0.2) is 16.3 Å². The van der Waals surface area contributed by atoms with Crippen molar-refractivity contribution in [2.24, 2.45) is 5.92 Å². The Kier molecular flexibility index (Phi) is 3.66. The second-order valence-electron chi connectivity index (χ2n) is 5.42. The van der Waals surface area contributed by atoms with E-state index in [-0.39, 0.29) is 5.91 Å². The SMILES string of the molecule is O=C(c1cc(S)cs1)N1CCCC1C1CCCC1. The minimum atomic E-state index is 0.231. The predicted molar refractivity (Wildman–Crippen MR) is 77.6 cm³/mol. The van der Waals surface area contributed by atoms with Gasteiger partial charge in [0.1, 0.15) is 0 Å². The maximum Gasteiger partial charge on any atom is 0.264 e. The lowest BCUT2D eigenvalue weighted by molar-refractivity contribution is 0.0694. The van der Waals surface area contributed by atoms with E-state index in [4.69, 9.17) is 0 Å². The number of likely N-dealkylation sites (tertiary alicyclic amines) is 1. The summed E-state index contributed by atoms with van der Waals surface area (Å²) in [6.07, 6.45) is 7.71. The Bertz CT molecular complexity index is 437. The third-order valence-electron chi connectivity index (χ3n) is 4.30. The first-order valence-electron chi connectivity index (χ1n) is 6.84. The van der Waals surface area contributed by atoms with E-state index in [9.17, 15) is 4.79 Å². The molecule has 1 aliphatic heterocycles. The van der Waals surface area contributed by atoms with Gasteiger partial charge in [0.25, 0.3) is 5.91 Å². The van der Waals surface area contributed by atoms with E-state index in [2.05, 4.69) is 17.5 Å². The van der Waals surface area contributed by atoms with Crippen molar-refractivity contribution in [3.05, 3.63) is 16.3 Å². The van der Waals surface area contributed by atoms with Gasteiger partial charge in [-0.3, -0.25) is 4.79 Å². The number of hydrogen-bond acceptors (Lipinski definition) is 3. The molecule has 2 heterocycles. The fraction of sp³-hybridized carbons (Fsp3) is 0.643. The van der Waals surface area contributed by atoms with Crippen molar-refractivity contribution < 1.29 is 4.79 Å². The number of hydrogen-bond donors (Lipinski definition) is 1. The minimum Gasteiger partial charge on any atom is -0.335 e. The largest absolute Gasteiger partial charge is 0.335 e. The van der Waals surface area contributed by atoms with E-state index in [1.54, 1.807) is 0 Å². The van der Waals surface area contributed by atoms with Crippen molar-refractivity contribution in [1.82, 2.24) is 4.90 Å². The lowest BCUT2D eigenvalue weighted by atomic mass is 9.96. The second kappa shape index (κ2) is 5.25. The van der Waals surface area contributed by atoms with Gasteiger partial charge in [-0.1, -0.05) is 12.8 Å². The standard InChI is InChI=1S/C14H19NOS2/c16-14(13-8-11(17)9-18-13)15-7-3-6-12(15)10-4-1-2-5-10/h8-10,12,17H,1-7H2. The first-order valence-corrected chi connectivity index (χ1v) is 8.17. The van der Waals surface area contributed by atoms with Crippen molar-refractivity contribution in [2.75, 3.05) is 6.54 Å². The first-order chi connectivity index (χ1) is 8.75. The molecule has 1 atom stereocenters. The van der Waals surface area contributed by atoms with Crippen LogP contribution in [-0.4, -0.2) is 23.4 Å². The van der Waals surface area contributed by atoms with Gasteiger partial charge >= 0.3 is 0 Å². The molecule has 1 saturated carbocycles. The van der Waals surface area contributed by atoms with Crippen LogP contribution in [0.25, 0.3) is 0 Å².